The van der Waals surface area contributed by atoms with E-state index in [-0.39, 0.29) is 35.9 Å². The average Bonchev–Trinajstić information content (AvgIpc) is 3.35. The number of carbonyl (C=O) groups is 2. The first-order valence-corrected chi connectivity index (χ1v) is 13.2. The average molecular weight is 491 g/mol. The van der Waals surface area contributed by atoms with E-state index in [1.165, 1.54) is 5.56 Å². The van der Waals surface area contributed by atoms with Crippen molar-refractivity contribution in [2.75, 3.05) is 44.6 Å². The molecule has 2 aromatic rings. The van der Waals surface area contributed by atoms with Crippen LogP contribution in [-0.2, 0) is 9.53 Å². The minimum absolute atomic E-state index is 0.0464. The highest BCUT2D eigenvalue weighted by atomic mass is 16.5. The second-order valence-corrected chi connectivity index (χ2v) is 10.6. The molecule has 36 heavy (non-hydrogen) atoms. The van der Waals surface area contributed by atoms with Gasteiger partial charge in [0.25, 0.3) is 5.91 Å². The largest absolute Gasteiger partial charge is 0.383 e. The summed E-state index contributed by atoms with van der Waals surface area (Å²) >= 11 is 0. The molecule has 0 bridgehead atoms. The molecule has 2 N–H and O–H groups in total. The molecule has 2 aromatic carbocycles. The number of hydrogen-bond acceptors (Lipinski definition) is 5. The van der Waals surface area contributed by atoms with Gasteiger partial charge in [0.1, 0.15) is 0 Å². The molecule has 0 unspecified atom stereocenters. The first kappa shape index (κ1) is 24.6. The fraction of sp³-hybridized carbons (Fsp3) is 0.517. The summed E-state index contributed by atoms with van der Waals surface area (Å²) in [4.78, 5) is 31.4. The zero-order chi connectivity index (χ0) is 25.2. The third kappa shape index (κ3) is 4.69. The van der Waals surface area contributed by atoms with Gasteiger partial charge in [-0.05, 0) is 49.1 Å². The van der Waals surface area contributed by atoms with E-state index in [0.29, 0.717) is 18.1 Å². The molecule has 0 radical (unpaired) electrons. The Morgan fingerprint density at radius 3 is 2.69 bits per heavy atom. The highest BCUT2D eigenvalue weighted by Crippen LogP contribution is 2.47. The molecule has 1 aliphatic carbocycles. The standard InChI is InChI=1S/C29H38N4O3/c1-32(2)20-10-8-9-19(17-20)28(34)31-25-14-7-5-12-23(25)29(35)33-16-15-22-26(18-36-3)30-24-13-6-4-11-21(24)27(22)33/h4,6,8-11,13,17,22-23,25-27,30H,5,7,12,14-16,18H2,1-3H3,(H,31,34)/t22-,23-,25+,26-,27-/m0/s1. The van der Waals surface area contributed by atoms with Gasteiger partial charge in [0.15, 0.2) is 0 Å². The van der Waals surface area contributed by atoms with Crippen molar-refractivity contribution < 1.29 is 14.3 Å². The summed E-state index contributed by atoms with van der Waals surface area (Å²) in [5.74, 6) is 0.202. The Bertz CT molecular complexity index is 1100. The number of anilines is 2. The molecule has 2 amide bonds. The Hall–Kier alpha value is -3.06. The Morgan fingerprint density at radius 1 is 1.08 bits per heavy atom. The molecule has 5 atom stereocenters. The van der Waals surface area contributed by atoms with Gasteiger partial charge in [-0.1, -0.05) is 37.1 Å². The van der Waals surface area contributed by atoms with E-state index in [0.717, 1.165) is 50.0 Å². The molecule has 7 heteroatoms. The van der Waals surface area contributed by atoms with Gasteiger partial charge in [0.2, 0.25) is 5.91 Å². The first-order valence-electron chi connectivity index (χ1n) is 13.2. The van der Waals surface area contributed by atoms with E-state index in [9.17, 15) is 9.59 Å². The molecule has 0 aromatic heterocycles. The second kappa shape index (κ2) is 10.5. The molecule has 1 saturated carbocycles. The highest BCUT2D eigenvalue weighted by Gasteiger charge is 2.48. The number of benzene rings is 2. The van der Waals surface area contributed by atoms with Crippen molar-refractivity contribution in [1.82, 2.24) is 10.2 Å². The number of ether oxygens (including phenoxy) is 1. The normalized spacial score (nSPS) is 27.0. The van der Waals surface area contributed by atoms with Crippen LogP contribution in [0.15, 0.2) is 48.5 Å². The van der Waals surface area contributed by atoms with Crippen molar-refractivity contribution in [3.05, 3.63) is 59.7 Å². The number of carbonyl (C=O) groups excluding carboxylic acids is 2. The fourth-order valence-electron chi connectivity index (χ4n) is 6.41. The van der Waals surface area contributed by atoms with Gasteiger partial charge in [-0.15, -0.1) is 0 Å². The second-order valence-electron chi connectivity index (χ2n) is 10.6. The number of fused-ring (bicyclic) bond motifs is 3. The van der Waals surface area contributed by atoms with Crippen LogP contribution in [0.4, 0.5) is 11.4 Å². The summed E-state index contributed by atoms with van der Waals surface area (Å²) in [6, 6.07) is 16.1. The summed E-state index contributed by atoms with van der Waals surface area (Å²) < 4.78 is 5.53. The van der Waals surface area contributed by atoms with Crippen molar-refractivity contribution in [3.8, 4) is 0 Å². The molecule has 2 aliphatic heterocycles. The van der Waals surface area contributed by atoms with Gasteiger partial charge in [-0.3, -0.25) is 9.59 Å². The lowest BCUT2D eigenvalue weighted by atomic mass is 9.81. The lowest BCUT2D eigenvalue weighted by Gasteiger charge is -2.41. The minimum Gasteiger partial charge on any atom is -0.383 e. The van der Waals surface area contributed by atoms with Crippen LogP contribution in [-0.4, -0.2) is 63.2 Å². The van der Waals surface area contributed by atoms with E-state index in [1.807, 2.05) is 49.3 Å². The third-order valence-electron chi connectivity index (χ3n) is 8.24. The van der Waals surface area contributed by atoms with E-state index >= 15 is 0 Å². The lowest BCUT2D eigenvalue weighted by Crippen LogP contribution is -2.50. The summed E-state index contributed by atoms with van der Waals surface area (Å²) in [5.41, 5.74) is 3.90. The smallest absolute Gasteiger partial charge is 0.251 e. The Morgan fingerprint density at radius 2 is 1.89 bits per heavy atom. The minimum atomic E-state index is -0.193. The van der Waals surface area contributed by atoms with E-state index in [1.54, 1.807) is 7.11 Å². The number of hydrogen-bond donors (Lipinski definition) is 2. The third-order valence-corrected chi connectivity index (χ3v) is 8.24. The van der Waals surface area contributed by atoms with E-state index in [2.05, 4.69) is 33.7 Å². The predicted molar refractivity (Wildman–Crippen MR) is 142 cm³/mol. The monoisotopic (exact) mass is 490 g/mol. The van der Waals surface area contributed by atoms with Gasteiger partial charge in [-0.2, -0.15) is 0 Å². The molecule has 5 rings (SSSR count). The van der Waals surface area contributed by atoms with Crippen molar-refractivity contribution in [3.63, 3.8) is 0 Å². The van der Waals surface area contributed by atoms with Gasteiger partial charge in [0.05, 0.1) is 24.6 Å². The quantitative estimate of drug-likeness (QED) is 0.639. The number of para-hydroxylation sites is 1. The number of amides is 2. The molecular formula is C29H38N4O3. The molecule has 2 fully saturated rings. The topological polar surface area (TPSA) is 73.9 Å². The number of likely N-dealkylation sites (tertiary alicyclic amines) is 1. The molecule has 1 saturated heterocycles. The number of nitrogens with zero attached hydrogens (tertiary/aromatic N) is 2. The Kier molecular flexibility index (Phi) is 7.19. The number of methoxy groups -OCH3 is 1. The van der Waals surface area contributed by atoms with E-state index < -0.39 is 0 Å². The van der Waals surface area contributed by atoms with Crippen LogP contribution >= 0.6 is 0 Å². The molecule has 192 valence electrons. The van der Waals surface area contributed by atoms with E-state index in [4.69, 9.17) is 4.74 Å². The maximum absolute atomic E-state index is 14.1. The first-order chi connectivity index (χ1) is 17.5. The zero-order valence-electron chi connectivity index (χ0n) is 21.6. The summed E-state index contributed by atoms with van der Waals surface area (Å²) in [5, 5.41) is 6.89. The van der Waals surface area contributed by atoms with Crippen LogP contribution in [0.2, 0.25) is 0 Å². The van der Waals surface area contributed by atoms with Gasteiger partial charge >= 0.3 is 0 Å². The lowest BCUT2D eigenvalue weighted by molar-refractivity contribution is -0.139. The van der Waals surface area contributed by atoms with Crippen LogP contribution in [0.1, 0.15) is 54.1 Å². The van der Waals surface area contributed by atoms with Crippen molar-refractivity contribution in [2.45, 2.75) is 50.2 Å². The predicted octanol–water partition coefficient (Wildman–Crippen LogP) is 4.07. The van der Waals surface area contributed by atoms with Crippen molar-refractivity contribution >= 4 is 23.2 Å². The fourth-order valence-corrected chi connectivity index (χ4v) is 6.41. The molecular weight excluding hydrogens is 452 g/mol. The molecule has 2 heterocycles. The number of nitrogens with one attached hydrogen (secondary N) is 2. The van der Waals surface area contributed by atoms with Crippen molar-refractivity contribution in [2.24, 2.45) is 11.8 Å². The van der Waals surface area contributed by atoms with Crippen LogP contribution in [0.5, 0.6) is 0 Å². The maximum atomic E-state index is 14.1. The zero-order valence-corrected chi connectivity index (χ0v) is 21.6. The SMILES string of the molecule is COC[C@@H]1Nc2ccccc2[C@H]2[C@H]1CCN2C(=O)[C@H]1CCCC[C@H]1NC(=O)c1cccc(N(C)C)c1. The molecule has 3 aliphatic rings. The Balaban J connectivity index is 1.36. The van der Waals surface area contributed by atoms with Gasteiger partial charge in [-0.25, -0.2) is 0 Å². The van der Waals surface area contributed by atoms with Gasteiger partial charge in [0, 0.05) is 56.6 Å². The highest BCUT2D eigenvalue weighted by molar-refractivity contribution is 5.95. The van der Waals surface area contributed by atoms with Crippen LogP contribution in [0, 0.1) is 11.8 Å². The molecule has 0 spiro atoms. The van der Waals surface area contributed by atoms with Crippen LogP contribution in [0.25, 0.3) is 0 Å². The maximum Gasteiger partial charge on any atom is 0.251 e. The number of rotatable bonds is 6. The summed E-state index contributed by atoms with van der Waals surface area (Å²) in [7, 11) is 5.66. The summed E-state index contributed by atoms with van der Waals surface area (Å²) in [6.07, 6.45) is 4.65. The van der Waals surface area contributed by atoms with Crippen LogP contribution < -0.4 is 15.5 Å². The Labute approximate surface area is 214 Å². The van der Waals surface area contributed by atoms with Gasteiger partial charge < -0.3 is 25.2 Å². The van der Waals surface area contributed by atoms with Crippen molar-refractivity contribution in [1.29, 1.82) is 0 Å². The van der Waals surface area contributed by atoms with Crippen LogP contribution in [0.3, 0.4) is 0 Å². The molecule has 7 nitrogen and oxygen atoms in total. The summed E-state index contributed by atoms with van der Waals surface area (Å²) in [6.45, 7) is 1.36.